The molecule has 1 aromatic heterocycles. The quantitative estimate of drug-likeness (QED) is 0.545. The van der Waals surface area contributed by atoms with Gasteiger partial charge in [-0.3, -0.25) is 0 Å². The van der Waals surface area contributed by atoms with Crippen molar-refractivity contribution in [1.29, 1.82) is 0 Å². The fourth-order valence-electron chi connectivity index (χ4n) is 1.01. The monoisotopic (exact) mass is 119 g/mol. The van der Waals surface area contributed by atoms with Crippen molar-refractivity contribution in [2.45, 2.75) is 13.8 Å². The molecule has 9 heavy (non-hydrogen) atoms. The number of hydrogen-bond donors (Lipinski definition) is 1. The van der Waals surface area contributed by atoms with E-state index in [1.54, 1.807) is 0 Å². The fraction of sp³-hybridized carbons (Fsp3) is 0.286. The first-order valence-corrected chi connectivity index (χ1v) is 3.02. The number of rotatable bonds is 0. The summed E-state index contributed by atoms with van der Waals surface area (Å²) in [5, 5.41) is 0. The van der Waals surface area contributed by atoms with Gasteiger partial charge in [-0.1, -0.05) is 0 Å². The van der Waals surface area contributed by atoms with E-state index in [4.69, 9.17) is 5.73 Å². The molecule has 0 aliphatic rings. The van der Waals surface area contributed by atoms with E-state index in [9.17, 15) is 0 Å². The summed E-state index contributed by atoms with van der Waals surface area (Å²) in [6.45, 7) is 6.06. The molecular weight excluding hydrogens is 109 g/mol. The number of nitrogen functional groups attached to an aromatic ring is 1. The van der Waals surface area contributed by atoms with Gasteiger partial charge in [0.1, 0.15) is 0 Å². The molecule has 0 aliphatic heterocycles. The van der Waals surface area contributed by atoms with E-state index in [-0.39, 0.29) is 0 Å². The molecule has 46 valence electrons. The van der Waals surface area contributed by atoms with Gasteiger partial charge in [0.15, 0.2) is 0 Å². The third-order valence-electron chi connectivity index (χ3n) is 1.24. The summed E-state index contributed by atoms with van der Waals surface area (Å²) < 4.78 is 0. The van der Waals surface area contributed by atoms with Crippen LogP contribution in [-0.2, 0) is 0 Å². The Kier molecular flexibility index (Phi) is 1.56. The predicted octanol–water partition coefficient (Wildman–Crippen LogP) is 1.22. The van der Waals surface area contributed by atoms with Crippen molar-refractivity contribution in [3.8, 4) is 0 Å². The van der Waals surface area contributed by atoms with Gasteiger partial charge in [0.25, 0.3) is 0 Å². The average molecular weight is 119 g/mol. The van der Waals surface area contributed by atoms with Crippen molar-refractivity contribution in [2.24, 2.45) is 0 Å². The van der Waals surface area contributed by atoms with Crippen LogP contribution in [0, 0.1) is 13.8 Å². The minimum absolute atomic E-state index is 0.854. The standard InChI is InChI=1S/C7H10BN/c1-5-3-6(2)8-7(9)4-5/h3-4H,9H2,1-2H3. The Morgan fingerprint density at radius 2 is 2.00 bits per heavy atom. The molecule has 0 amide bonds. The normalized spacial score (nSPS) is 9.11. The molecular formula is C7H10BN. The summed E-state index contributed by atoms with van der Waals surface area (Å²) in [6.07, 6.45) is 0. The Balaban J connectivity index is 3.17. The fourth-order valence-corrected chi connectivity index (χ4v) is 1.01. The molecule has 0 aliphatic carbocycles. The van der Waals surface area contributed by atoms with Crippen LogP contribution in [-0.4, -0.2) is 6.91 Å². The van der Waals surface area contributed by atoms with Gasteiger partial charge in [-0.2, -0.15) is 0 Å². The first kappa shape index (κ1) is 6.34. The third-order valence-corrected chi connectivity index (χ3v) is 1.24. The Morgan fingerprint density at radius 1 is 1.33 bits per heavy atom. The van der Waals surface area contributed by atoms with Crippen LogP contribution in [0.1, 0.15) is 11.0 Å². The van der Waals surface area contributed by atoms with Gasteiger partial charge in [-0.05, 0) is 0 Å². The second-order valence-electron chi connectivity index (χ2n) is 2.42. The van der Waals surface area contributed by atoms with Crippen LogP contribution in [0.2, 0.25) is 0 Å². The molecule has 0 saturated carbocycles. The van der Waals surface area contributed by atoms with Crippen LogP contribution in [0.5, 0.6) is 0 Å². The molecule has 0 bridgehead atoms. The summed E-state index contributed by atoms with van der Waals surface area (Å²) in [7, 11) is 0. The van der Waals surface area contributed by atoms with Crippen LogP contribution in [0.4, 0.5) is 5.58 Å². The molecule has 0 atom stereocenters. The maximum absolute atomic E-state index is 5.56. The molecule has 2 N–H and O–H groups in total. The molecule has 1 rings (SSSR count). The number of nitrogens with two attached hydrogens (primary N) is 1. The van der Waals surface area contributed by atoms with Gasteiger partial charge in [-0.15, -0.1) is 0 Å². The van der Waals surface area contributed by atoms with E-state index in [0.717, 1.165) is 5.58 Å². The van der Waals surface area contributed by atoms with Crippen LogP contribution >= 0.6 is 0 Å². The Labute approximate surface area is 56.1 Å². The third kappa shape index (κ3) is 1.56. The number of hydrogen-bond acceptors (Lipinski definition) is 1. The van der Waals surface area contributed by atoms with Gasteiger partial charge in [0.05, 0.1) is 0 Å². The van der Waals surface area contributed by atoms with Crippen molar-refractivity contribution >= 4 is 12.5 Å². The molecule has 0 unspecified atom stereocenters. The summed E-state index contributed by atoms with van der Waals surface area (Å²) in [4.78, 5) is 0. The summed E-state index contributed by atoms with van der Waals surface area (Å²) in [5.41, 5.74) is 8.87. The van der Waals surface area contributed by atoms with Crippen LogP contribution in [0.3, 0.4) is 0 Å². The first-order chi connectivity index (χ1) is 4.18. The average Bonchev–Trinajstić information content (AvgIpc) is 1.59. The van der Waals surface area contributed by atoms with Gasteiger partial charge >= 0.3 is 55.2 Å². The summed E-state index contributed by atoms with van der Waals surface area (Å²) in [6, 6.07) is 4.07. The molecule has 0 radical (unpaired) electrons. The number of aryl methyl sites for hydroxylation is 2. The van der Waals surface area contributed by atoms with E-state index in [1.165, 1.54) is 11.0 Å². The van der Waals surface area contributed by atoms with Crippen molar-refractivity contribution < 1.29 is 0 Å². The van der Waals surface area contributed by atoms with Gasteiger partial charge in [-0.25, -0.2) is 0 Å². The molecule has 0 spiro atoms. The Morgan fingerprint density at radius 3 is 2.44 bits per heavy atom. The maximum atomic E-state index is 5.56. The minimum atomic E-state index is 0.854. The van der Waals surface area contributed by atoms with Gasteiger partial charge in [0.2, 0.25) is 0 Å². The SMILES string of the molecule is Cc1bc(N)cc(C)c1. The number of anilines is 1. The molecule has 0 aromatic carbocycles. The molecule has 2 heteroatoms. The summed E-state index contributed by atoms with van der Waals surface area (Å²) >= 11 is 0. The van der Waals surface area contributed by atoms with Crippen molar-refractivity contribution in [3.05, 3.63) is 23.2 Å². The topological polar surface area (TPSA) is 26.0 Å². The van der Waals surface area contributed by atoms with Crippen LogP contribution < -0.4 is 5.73 Å². The van der Waals surface area contributed by atoms with Crippen molar-refractivity contribution in [1.82, 2.24) is 0 Å². The second-order valence-corrected chi connectivity index (χ2v) is 2.42. The first-order valence-electron chi connectivity index (χ1n) is 3.02. The van der Waals surface area contributed by atoms with E-state index in [2.05, 4.69) is 6.07 Å². The van der Waals surface area contributed by atoms with E-state index in [0.29, 0.717) is 0 Å². The Bertz CT molecular complexity index is 170. The predicted molar refractivity (Wildman–Crippen MR) is 41.7 cm³/mol. The summed E-state index contributed by atoms with van der Waals surface area (Å²) in [5.74, 6) is 0. The van der Waals surface area contributed by atoms with Crippen molar-refractivity contribution in [2.75, 3.05) is 5.73 Å². The molecule has 1 aromatic rings. The second kappa shape index (κ2) is 2.22. The Hall–Kier alpha value is -0.785. The van der Waals surface area contributed by atoms with E-state index >= 15 is 0 Å². The van der Waals surface area contributed by atoms with Crippen LogP contribution in [0.15, 0.2) is 12.1 Å². The van der Waals surface area contributed by atoms with Gasteiger partial charge in [0, 0.05) is 0 Å². The van der Waals surface area contributed by atoms with Crippen LogP contribution in [0.25, 0.3) is 0 Å². The van der Waals surface area contributed by atoms with Gasteiger partial charge < -0.3 is 0 Å². The molecule has 0 saturated heterocycles. The molecule has 1 heterocycles. The zero-order chi connectivity index (χ0) is 6.85. The molecule has 0 fully saturated rings. The van der Waals surface area contributed by atoms with Crippen molar-refractivity contribution in [3.63, 3.8) is 0 Å². The van der Waals surface area contributed by atoms with E-state index < -0.39 is 0 Å². The molecule has 1 nitrogen and oxygen atoms in total. The zero-order valence-corrected chi connectivity index (χ0v) is 5.81. The zero-order valence-electron chi connectivity index (χ0n) is 5.81. The van der Waals surface area contributed by atoms with E-state index in [1.807, 2.05) is 26.8 Å².